The molecule has 0 saturated carbocycles. The first kappa shape index (κ1) is 11.6. The minimum Gasteiger partial charge on any atom is -0.477 e. The number of carboxylic acid groups (broad SMARTS) is 1. The van der Waals surface area contributed by atoms with Crippen LogP contribution in [0.15, 0.2) is 12.3 Å². The molecule has 1 aromatic heterocycles. The van der Waals surface area contributed by atoms with E-state index in [-0.39, 0.29) is 5.56 Å². The zero-order valence-corrected chi connectivity index (χ0v) is 8.42. The molecule has 82 valence electrons. The van der Waals surface area contributed by atoms with E-state index in [1.54, 1.807) is 13.8 Å². The van der Waals surface area contributed by atoms with Crippen molar-refractivity contribution in [1.29, 1.82) is 0 Å². The highest BCUT2D eigenvalue weighted by Crippen LogP contribution is 2.20. The van der Waals surface area contributed by atoms with Gasteiger partial charge in [0.1, 0.15) is 0 Å². The fraction of sp³-hybridized carbons (Fsp3) is 0.400. The first-order chi connectivity index (χ1) is 6.83. The van der Waals surface area contributed by atoms with Gasteiger partial charge in [-0.05, 0) is 25.0 Å². The number of alkyl halides is 2. The highest BCUT2D eigenvalue weighted by molar-refractivity contribution is 5.75. The highest BCUT2D eigenvalue weighted by atomic mass is 19.3. The molecule has 0 aromatic carbocycles. The Morgan fingerprint density at radius 1 is 1.53 bits per heavy atom. The van der Waals surface area contributed by atoms with Crippen LogP contribution in [0, 0.1) is 13.8 Å². The normalized spacial score (nSPS) is 11.5. The van der Waals surface area contributed by atoms with Gasteiger partial charge in [0.15, 0.2) is 0 Å². The number of hydrogen-bond donors (Lipinski definition) is 1. The van der Waals surface area contributed by atoms with E-state index in [9.17, 15) is 13.6 Å². The molecule has 0 aliphatic heterocycles. The van der Waals surface area contributed by atoms with E-state index in [1.807, 2.05) is 0 Å². The van der Waals surface area contributed by atoms with Crippen molar-refractivity contribution >= 4 is 5.97 Å². The van der Waals surface area contributed by atoms with Crippen molar-refractivity contribution in [3.8, 4) is 0 Å². The standard InChI is InChI=1S/C10H11F2NO2/c1-6-3-8(5-13-7(6)2)4-10(11,12)9(14)15/h3,5H,4H2,1-2H3,(H,14,15). The smallest absolute Gasteiger partial charge is 0.374 e. The van der Waals surface area contributed by atoms with E-state index in [2.05, 4.69) is 4.98 Å². The number of aliphatic carboxylic acids is 1. The van der Waals surface area contributed by atoms with Gasteiger partial charge in [-0.15, -0.1) is 0 Å². The maximum absolute atomic E-state index is 12.8. The van der Waals surface area contributed by atoms with E-state index < -0.39 is 18.3 Å². The SMILES string of the molecule is Cc1cc(CC(F)(F)C(=O)O)cnc1C. The van der Waals surface area contributed by atoms with Gasteiger partial charge >= 0.3 is 11.9 Å². The molecule has 0 bridgehead atoms. The van der Waals surface area contributed by atoms with Gasteiger partial charge in [0, 0.05) is 18.3 Å². The summed E-state index contributed by atoms with van der Waals surface area (Å²) in [6.07, 6.45) is 0.454. The molecule has 1 aromatic rings. The summed E-state index contributed by atoms with van der Waals surface area (Å²) in [5, 5.41) is 8.26. The summed E-state index contributed by atoms with van der Waals surface area (Å²) in [5.74, 6) is -5.84. The molecule has 1 N–H and O–H groups in total. The summed E-state index contributed by atoms with van der Waals surface area (Å²) in [7, 11) is 0. The van der Waals surface area contributed by atoms with Crippen LogP contribution < -0.4 is 0 Å². The Kier molecular flexibility index (Phi) is 3.02. The van der Waals surface area contributed by atoms with Crippen LogP contribution in [0.2, 0.25) is 0 Å². The number of hydrogen-bond acceptors (Lipinski definition) is 2. The lowest BCUT2D eigenvalue weighted by Gasteiger charge is -2.11. The van der Waals surface area contributed by atoms with Crippen molar-refractivity contribution in [1.82, 2.24) is 4.98 Å². The third-order valence-electron chi connectivity index (χ3n) is 2.14. The van der Waals surface area contributed by atoms with E-state index in [1.165, 1.54) is 12.3 Å². The van der Waals surface area contributed by atoms with Gasteiger partial charge in [-0.3, -0.25) is 4.98 Å². The Hall–Kier alpha value is -1.52. The van der Waals surface area contributed by atoms with E-state index >= 15 is 0 Å². The zero-order chi connectivity index (χ0) is 11.6. The predicted octanol–water partition coefficient (Wildman–Crippen LogP) is 1.96. The summed E-state index contributed by atoms with van der Waals surface area (Å²) < 4.78 is 25.7. The van der Waals surface area contributed by atoms with Crippen LogP contribution in [0.25, 0.3) is 0 Å². The molecule has 0 aliphatic carbocycles. The average molecular weight is 215 g/mol. The number of aryl methyl sites for hydroxylation is 2. The first-order valence-corrected chi connectivity index (χ1v) is 4.36. The van der Waals surface area contributed by atoms with Crippen LogP contribution in [-0.2, 0) is 11.2 Å². The third-order valence-corrected chi connectivity index (χ3v) is 2.14. The molecule has 0 saturated heterocycles. The van der Waals surface area contributed by atoms with Crippen LogP contribution in [-0.4, -0.2) is 22.0 Å². The number of rotatable bonds is 3. The Bertz CT molecular complexity index is 391. The average Bonchev–Trinajstić information content (AvgIpc) is 2.10. The number of aromatic nitrogens is 1. The zero-order valence-electron chi connectivity index (χ0n) is 8.42. The molecule has 0 atom stereocenters. The molecule has 15 heavy (non-hydrogen) atoms. The lowest BCUT2D eigenvalue weighted by atomic mass is 10.1. The van der Waals surface area contributed by atoms with Gasteiger partial charge in [0.05, 0.1) is 0 Å². The minimum atomic E-state index is -3.73. The molecule has 0 unspecified atom stereocenters. The monoisotopic (exact) mass is 215 g/mol. The molecule has 5 heteroatoms. The summed E-state index contributed by atoms with van der Waals surface area (Å²) in [6.45, 7) is 3.50. The summed E-state index contributed by atoms with van der Waals surface area (Å²) in [6, 6.07) is 1.53. The minimum absolute atomic E-state index is 0.227. The number of pyridine rings is 1. The number of carboxylic acids is 1. The molecular weight excluding hydrogens is 204 g/mol. The van der Waals surface area contributed by atoms with Gasteiger partial charge in [0.25, 0.3) is 0 Å². The van der Waals surface area contributed by atoms with Gasteiger partial charge < -0.3 is 5.11 Å². The predicted molar refractivity (Wildman–Crippen MR) is 50.0 cm³/mol. The Balaban J connectivity index is 2.91. The first-order valence-electron chi connectivity index (χ1n) is 4.36. The summed E-state index contributed by atoms with van der Waals surface area (Å²) >= 11 is 0. The molecule has 0 amide bonds. The summed E-state index contributed by atoms with van der Waals surface area (Å²) in [5.41, 5.74) is 1.75. The van der Waals surface area contributed by atoms with Crippen molar-refractivity contribution in [3.05, 3.63) is 29.1 Å². The topological polar surface area (TPSA) is 50.2 Å². The number of halogens is 2. The van der Waals surface area contributed by atoms with Gasteiger partial charge in [-0.25, -0.2) is 4.79 Å². The second-order valence-corrected chi connectivity index (χ2v) is 3.43. The van der Waals surface area contributed by atoms with Crippen molar-refractivity contribution in [2.45, 2.75) is 26.2 Å². The Labute approximate surface area is 85.8 Å². The van der Waals surface area contributed by atoms with Gasteiger partial charge in [0.2, 0.25) is 0 Å². The van der Waals surface area contributed by atoms with Crippen LogP contribution in [0.4, 0.5) is 8.78 Å². The second kappa shape index (κ2) is 3.92. The number of nitrogens with zero attached hydrogens (tertiary/aromatic N) is 1. The van der Waals surface area contributed by atoms with Gasteiger partial charge in [-0.2, -0.15) is 8.78 Å². The lowest BCUT2D eigenvalue weighted by molar-refractivity contribution is -0.164. The third kappa shape index (κ3) is 2.71. The highest BCUT2D eigenvalue weighted by Gasteiger charge is 2.38. The van der Waals surface area contributed by atoms with Crippen LogP contribution in [0.5, 0.6) is 0 Å². The maximum atomic E-state index is 12.8. The quantitative estimate of drug-likeness (QED) is 0.838. The van der Waals surface area contributed by atoms with Crippen LogP contribution >= 0.6 is 0 Å². The largest absolute Gasteiger partial charge is 0.477 e. The summed E-state index contributed by atoms with van der Waals surface area (Å²) in [4.78, 5) is 14.1. The van der Waals surface area contributed by atoms with Crippen molar-refractivity contribution < 1.29 is 18.7 Å². The molecule has 0 spiro atoms. The lowest BCUT2D eigenvalue weighted by Crippen LogP contribution is -2.30. The van der Waals surface area contributed by atoms with Gasteiger partial charge in [-0.1, -0.05) is 6.07 Å². The molecule has 0 radical (unpaired) electrons. The maximum Gasteiger partial charge on any atom is 0.374 e. The second-order valence-electron chi connectivity index (χ2n) is 3.43. The van der Waals surface area contributed by atoms with Crippen LogP contribution in [0.3, 0.4) is 0 Å². The fourth-order valence-electron chi connectivity index (χ4n) is 1.13. The Morgan fingerprint density at radius 2 is 2.13 bits per heavy atom. The molecule has 1 heterocycles. The molecule has 1 rings (SSSR count). The van der Waals surface area contributed by atoms with E-state index in [0.717, 1.165) is 11.3 Å². The molecule has 0 fully saturated rings. The van der Waals surface area contributed by atoms with Crippen molar-refractivity contribution in [2.24, 2.45) is 0 Å². The fourth-order valence-corrected chi connectivity index (χ4v) is 1.13. The van der Waals surface area contributed by atoms with E-state index in [0.29, 0.717) is 0 Å². The molecule has 0 aliphatic rings. The van der Waals surface area contributed by atoms with Crippen molar-refractivity contribution in [2.75, 3.05) is 0 Å². The van der Waals surface area contributed by atoms with Crippen molar-refractivity contribution in [3.63, 3.8) is 0 Å². The molecule has 3 nitrogen and oxygen atoms in total. The molecular formula is C10H11F2NO2. The Morgan fingerprint density at radius 3 is 2.60 bits per heavy atom. The van der Waals surface area contributed by atoms with Crippen LogP contribution in [0.1, 0.15) is 16.8 Å². The number of carbonyl (C=O) groups is 1. The van der Waals surface area contributed by atoms with E-state index in [4.69, 9.17) is 5.11 Å².